The molecule has 0 bridgehead atoms. The Hall–Kier alpha value is -4.00. The molecule has 0 saturated heterocycles. The number of H-pyrrole nitrogens is 1. The molecule has 1 heterocycles. The van der Waals surface area contributed by atoms with E-state index in [1.165, 1.54) is 41.3 Å². The number of benzene rings is 3. The molecule has 4 rings (SSSR count). The van der Waals surface area contributed by atoms with Gasteiger partial charge in [0.1, 0.15) is 11.6 Å². The Morgan fingerprint density at radius 3 is 2.15 bits per heavy atom. The summed E-state index contributed by atoms with van der Waals surface area (Å²) in [4.78, 5) is 30.2. The molecule has 0 saturated carbocycles. The zero-order valence-corrected chi connectivity index (χ0v) is 18.3. The van der Waals surface area contributed by atoms with Crippen LogP contribution in [0.25, 0.3) is 10.9 Å². The summed E-state index contributed by atoms with van der Waals surface area (Å²) in [5.41, 5.74) is 4.15. The number of carbonyl (C=O) groups is 1. The summed E-state index contributed by atoms with van der Waals surface area (Å²) in [5, 5.41) is 3.60. The van der Waals surface area contributed by atoms with Gasteiger partial charge >= 0.3 is 6.03 Å². The minimum atomic E-state index is -0.467. The van der Waals surface area contributed by atoms with E-state index in [0.29, 0.717) is 16.8 Å². The summed E-state index contributed by atoms with van der Waals surface area (Å²) < 4.78 is 26.6. The van der Waals surface area contributed by atoms with Crippen LogP contribution in [0, 0.1) is 25.5 Å². The second-order valence-electron chi connectivity index (χ2n) is 8.07. The summed E-state index contributed by atoms with van der Waals surface area (Å²) in [6.07, 6.45) is 0. The Kier molecular flexibility index (Phi) is 6.22. The number of carbonyl (C=O) groups excluding carboxylic acids is 1. The van der Waals surface area contributed by atoms with E-state index in [0.717, 1.165) is 22.0 Å². The maximum Gasteiger partial charge on any atom is 0.322 e. The number of hydrogen-bond donors (Lipinski definition) is 2. The van der Waals surface area contributed by atoms with Gasteiger partial charge < -0.3 is 15.2 Å². The topological polar surface area (TPSA) is 65.2 Å². The minimum absolute atomic E-state index is 0.0304. The number of nitrogens with one attached hydrogen (secondary N) is 2. The average molecular weight is 447 g/mol. The van der Waals surface area contributed by atoms with Crippen LogP contribution in [0.5, 0.6) is 0 Å². The highest BCUT2D eigenvalue weighted by molar-refractivity contribution is 5.89. The van der Waals surface area contributed by atoms with Gasteiger partial charge in [-0.25, -0.2) is 13.6 Å². The predicted molar refractivity (Wildman–Crippen MR) is 125 cm³/mol. The van der Waals surface area contributed by atoms with Crippen LogP contribution in [0.3, 0.4) is 0 Å². The number of aryl methyl sites for hydroxylation is 2. The van der Waals surface area contributed by atoms with Gasteiger partial charge in [0.05, 0.1) is 6.54 Å². The number of aromatic amines is 1. The molecule has 4 aromatic rings. The van der Waals surface area contributed by atoms with Crippen molar-refractivity contribution >= 4 is 22.6 Å². The molecule has 5 nitrogen and oxygen atoms in total. The van der Waals surface area contributed by atoms with Crippen LogP contribution in [-0.4, -0.2) is 15.9 Å². The van der Waals surface area contributed by atoms with Crippen molar-refractivity contribution in [2.45, 2.75) is 26.9 Å². The molecule has 168 valence electrons. The first-order valence-electron chi connectivity index (χ1n) is 10.5. The maximum absolute atomic E-state index is 13.3. The second kappa shape index (κ2) is 9.24. The molecule has 0 atom stereocenters. The lowest BCUT2D eigenvalue weighted by molar-refractivity contribution is 0.206. The quantitative estimate of drug-likeness (QED) is 0.415. The van der Waals surface area contributed by atoms with Gasteiger partial charge in [-0.3, -0.25) is 4.79 Å². The van der Waals surface area contributed by atoms with Gasteiger partial charge in [0.2, 0.25) is 0 Å². The lowest BCUT2D eigenvalue weighted by Crippen LogP contribution is -2.35. The fourth-order valence-electron chi connectivity index (χ4n) is 3.59. The highest BCUT2D eigenvalue weighted by Gasteiger charge is 2.17. The summed E-state index contributed by atoms with van der Waals surface area (Å²) in [5.74, 6) is -0.790. The van der Waals surface area contributed by atoms with Crippen LogP contribution in [-0.2, 0) is 13.1 Å². The molecule has 0 aliphatic rings. The zero-order chi connectivity index (χ0) is 23.5. The van der Waals surface area contributed by atoms with E-state index < -0.39 is 11.8 Å². The van der Waals surface area contributed by atoms with E-state index in [9.17, 15) is 18.4 Å². The first-order chi connectivity index (χ1) is 15.8. The highest BCUT2D eigenvalue weighted by atomic mass is 19.1. The number of aromatic nitrogens is 1. The molecule has 0 aliphatic heterocycles. The first kappa shape index (κ1) is 22.2. The third-order valence-corrected chi connectivity index (χ3v) is 5.57. The summed E-state index contributed by atoms with van der Waals surface area (Å²) in [6, 6.07) is 16.5. The normalized spacial score (nSPS) is 10.9. The van der Waals surface area contributed by atoms with Gasteiger partial charge in [-0.15, -0.1) is 0 Å². The molecule has 33 heavy (non-hydrogen) atoms. The van der Waals surface area contributed by atoms with Crippen molar-refractivity contribution in [1.29, 1.82) is 0 Å². The lowest BCUT2D eigenvalue weighted by atomic mass is 10.0. The van der Waals surface area contributed by atoms with E-state index >= 15 is 0 Å². The van der Waals surface area contributed by atoms with Crippen molar-refractivity contribution in [2.24, 2.45) is 0 Å². The number of hydrogen-bond acceptors (Lipinski definition) is 2. The van der Waals surface area contributed by atoms with Crippen molar-refractivity contribution < 1.29 is 13.6 Å². The van der Waals surface area contributed by atoms with E-state index in [1.54, 1.807) is 18.2 Å². The van der Waals surface area contributed by atoms with Gasteiger partial charge in [0.25, 0.3) is 5.56 Å². The third kappa shape index (κ3) is 5.26. The number of urea groups is 1. The van der Waals surface area contributed by atoms with Gasteiger partial charge in [0, 0.05) is 23.3 Å². The predicted octanol–water partition coefficient (Wildman–Crippen LogP) is 5.66. The number of amides is 2. The molecule has 0 aliphatic carbocycles. The Bertz CT molecular complexity index is 1360. The smallest absolute Gasteiger partial charge is 0.322 e. The van der Waals surface area contributed by atoms with Gasteiger partial charge in [-0.1, -0.05) is 12.1 Å². The molecule has 0 unspecified atom stereocenters. The van der Waals surface area contributed by atoms with Crippen LogP contribution in [0.1, 0.15) is 22.3 Å². The van der Waals surface area contributed by atoms with Crippen LogP contribution >= 0.6 is 0 Å². The largest absolute Gasteiger partial charge is 0.322 e. The van der Waals surface area contributed by atoms with Crippen LogP contribution in [0.2, 0.25) is 0 Å². The van der Waals surface area contributed by atoms with E-state index in [4.69, 9.17) is 0 Å². The van der Waals surface area contributed by atoms with Crippen molar-refractivity contribution in [2.75, 3.05) is 5.32 Å². The van der Waals surface area contributed by atoms with Gasteiger partial charge in [0.15, 0.2) is 0 Å². The van der Waals surface area contributed by atoms with Crippen molar-refractivity contribution in [1.82, 2.24) is 9.88 Å². The molecule has 2 amide bonds. The van der Waals surface area contributed by atoms with Crippen molar-refractivity contribution in [3.8, 4) is 0 Å². The SMILES string of the molecule is Cc1cc2cc(CN(Cc3ccc(F)cc3)C(=O)Nc3ccc(F)cc3)c(=O)[nH]c2cc1C. The van der Waals surface area contributed by atoms with Gasteiger partial charge in [-0.05, 0) is 90.5 Å². The van der Waals surface area contributed by atoms with E-state index in [1.807, 2.05) is 26.0 Å². The average Bonchev–Trinajstić information content (AvgIpc) is 2.78. The molecule has 0 radical (unpaired) electrons. The fraction of sp³-hybridized carbons (Fsp3) is 0.154. The Morgan fingerprint density at radius 2 is 1.48 bits per heavy atom. The number of nitrogens with zero attached hydrogens (tertiary/aromatic N) is 1. The van der Waals surface area contributed by atoms with Gasteiger partial charge in [-0.2, -0.15) is 0 Å². The number of pyridine rings is 1. The van der Waals surface area contributed by atoms with Crippen molar-refractivity contribution in [3.05, 3.63) is 111 Å². The number of anilines is 1. The Labute approximate surface area is 189 Å². The molecule has 3 aromatic carbocycles. The first-order valence-corrected chi connectivity index (χ1v) is 10.5. The number of halogens is 2. The standard InChI is InChI=1S/C26H23F2N3O2/c1-16-11-19-13-20(25(32)30-24(19)12-17(16)2)15-31(14-18-3-5-21(27)6-4-18)26(33)29-23-9-7-22(28)8-10-23/h3-13H,14-15H2,1-2H3,(H,29,33)(H,30,32). The maximum atomic E-state index is 13.3. The molecular formula is C26H23F2N3O2. The number of rotatable bonds is 5. The molecule has 0 fully saturated rings. The van der Waals surface area contributed by atoms with Crippen LogP contribution < -0.4 is 10.9 Å². The fourth-order valence-corrected chi connectivity index (χ4v) is 3.59. The Morgan fingerprint density at radius 1 is 0.879 bits per heavy atom. The summed E-state index contributed by atoms with van der Waals surface area (Å²) >= 11 is 0. The minimum Gasteiger partial charge on any atom is -0.322 e. The molecule has 2 N–H and O–H groups in total. The third-order valence-electron chi connectivity index (χ3n) is 5.57. The zero-order valence-electron chi connectivity index (χ0n) is 18.3. The highest BCUT2D eigenvalue weighted by Crippen LogP contribution is 2.19. The van der Waals surface area contributed by atoms with E-state index in [-0.39, 0.29) is 24.5 Å². The lowest BCUT2D eigenvalue weighted by Gasteiger charge is -2.23. The monoisotopic (exact) mass is 447 g/mol. The van der Waals surface area contributed by atoms with Crippen LogP contribution in [0.4, 0.5) is 19.3 Å². The van der Waals surface area contributed by atoms with E-state index in [2.05, 4.69) is 10.3 Å². The van der Waals surface area contributed by atoms with Crippen molar-refractivity contribution in [3.63, 3.8) is 0 Å². The molecule has 0 spiro atoms. The summed E-state index contributed by atoms with van der Waals surface area (Å²) in [6.45, 7) is 4.15. The molecule has 1 aromatic heterocycles. The summed E-state index contributed by atoms with van der Waals surface area (Å²) in [7, 11) is 0. The molecular weight excluding hydrogens is 424 g/mol. The van der Waals surface area contributed by atoms with Crippen LogP contribution in [0.15, 0.2) is 71.5 Å². The second-order valence-corrected chi connectivity index (χ2v) is 8.07. The molecule has 7 heteroatoms. The Balaban J connectivity index is 1.66. The number of fused-ring (bicyclic) bond motifs is 1.